The SMILES string of the molecule is CC/C(=N\NC(N)=O)c1ccccc1OC. The van der Waals surface area contributed by atoms with Crippen LogP contribution in [0, 0.1) is 0 Å². The number of benzene rings is 1. The van der Waals surface area contributed by atoms with E-state index in [2.05, 4.69) is 10.5 Å². The van der Waals surface area contributed by atoms with Crippen molar-refractivity contribution in [3.05, 3.63) is 29.8 Å². The van der Waals surface area contributed by atoms with E-state index in [1.165, 1.54) is 0 Å². The number of rotatable bonds is 4. The molecule has 1 rings (SSSR count). The lowest BCUT2D eigenvalue weighted by molar-refractivity contribution is 0.249. The van der Waals surface area contributed by atoms with Crippen molar-refractivity contribution >= 4 is 11.7 Å². The predicted octanol–water partition coefficient (Wildman–Crippen LogP) is 1.48. The zero-order chi connectivity index (χ0) is 12.0. The highest BCUT2D eigenvalue weighted by Gasteiger charge is 2.07. The summed E-state index contributed by atoms with van der Waals surface area (Å²) >= 11 is 0. The summed E-state index contributed by atoms with van der Waals surface area (Å²) in [6, 6.07) is 6.79. The van der Waals surface area contributed by atoms with Crippen molar-refractivity contribution in [2.24, 2.45) is 10.8 Å². The van der Waals surface area contributed by atoms with Crippen LogP contribution in [0.4, 0.5) is 4.79 Å². The highest BCUT2D eigenvalue weighted by atomic mass is 16.5. The number of hydrogen-bond donors (Lipinski definition) is 2. The summed E-state index contributed by atoms with van der Waals surface area (Å²) in [6.07, 6.45) is 0.667. The molecule has 0 saturated carbocycles. The lowest BCUT2D eigenvalue weighted by atomic mass is 10.1. The molecule has 2 amide bonds. The van der Waals surface area contributed by atoms with E-state index in [1.54, 1.807) is 7.11 Å². The number of primary amides is 1. The van der Waals surface area contributed by atoms with Crippen molar-refractivity contribution in [2.45, 2.75) is 13.3 Å². The maximum atomic E-state index is 10.6. The fourth-order valence-corrected chi connectivity index (χ4v) is 1.34. The van der Waals surface area contributed by atoms with Gasteiger partial charge in [-0.15, -0.1) is 0 Å². The normalized spacial score (nSPS) is 11.0. The molecule has 0 aromatic heterocycles. The molecule has 0 heterocycles. The first-order valence-corrected chi connectivity index (χ1v) is 4.94. The van der Waals surface area contributed by atoms with Crippen LogP contribution in [-0.2, 0) is 0 Å². The van der Waals surface area contributed by atoms with Crippen molar-refractivity contribution in [1.82, 2.24) is 5.43 Å². The zero-order valence-corrected chi connectivity index (χ0v) is 9.36. The molecule has 0 spiro atoms. The predicted molar refractivity (Wildman–Crippen MR) is 62.5 cm³/mol. The Kier molecular flexibility index (Phi) is 4.32. The van der Waals surface area contributed by atoms with E-state index in [9.17, 15) is 4.79 Å². The maximum absolute atomic E-state index is 10.6. The fraction of sp³-hybridized carbons (Fsp3) is 0.273. The van der Waals surface area contributed by atoms with Crippen LogP contribution in [0.15, 0.2) is 29.4 Å². The van der Waals surface area contributed by atoms with Crippen molar-refractivity contribution < 1.29 is 9.53 Å². The Hall–Kier alpha value is -2.04. The van der Waals surface area contributed by atoms with Gasteiger partial charge in [-0.05, 0) is 18.6 Å². The molecule has 1 aromatic carbocycles. The third-order valence-electron chi connectivity index (χ3n) is 2.05. The molecule has 0 radical (unpaired) electrons. The molecule has 0 aliphatic heterocycles. The van der Waals surface area contributed by atoms with E-state index >= 15 is 0 Å². The smallest absolute Gasteiger partial charge is 0.332 e. The molecule has 0 saturated heterocycles. The molecule has 3 N–H and O–H groups in total. The van der Waals surface area contributed by atoms with Crippen LogP contribution in [0.3, 0.4) is 0 Å². The molecule has 16 heavy (non-hydrogen) atoms. The van der Waals surface area contributed by atoms with Crippen LogP contribution in [0.25, 0.3) is 0 Å². The van der Waals surface area contributed by atoms with Gasteiger partial charge in [0.1, 0.15) is 5.75 Å². The summed E-state index contributed by atoms with van der Waals surface area (Å²) in [4.78, 5) is 10.6. The fourth-order valence-electron chi connectivity index (χ4n) is 1.34. The minimum absolute atomic E-state index is 0.667. The second kappa shape index (κ2) is 5.75. The van der Waals surface area contributed by atoms with E-state index in [1.807, 2.05) is 31.2 Å². The summed E-state index contributed by atoms with van der Waals surface area (Å²) in [7, 11) is 1.59. The standard InChI is InChI=1S/C11H15N3O2/c1-3-9(13-14-11(12)15)8-6-4-5-7-10(8)16-2/h4-7H,3H2,1-2H3,(H3,12,14,15)/b13-9+. The summed E-state index contributed by atoms with van der Waals surface area (Å²) < 4.78 is 5.21. The Bertz CT molecular complexity index is 402. The van der Waals surface area contributed by atoms with Crippen LogP contribution >= 0.6 is 0 Å². The van der Waals surface area contributed by atoms with Crippen molar-refractivity contribution in [2.75, 3.05) is 7.11 Å². The van der Waals surface area contributed by atoms with Gasteiger partial charge in [0.25, 0.3) is 0 Å². The number of carbonyl (C=O) groups is 1. The lowest BCUT2D eigenvalue weighted by Gasteiger charge is -2.09. The molecule has 5 heteroatoms. The van der Waals surface area contributed by atoms with Gasteiger partial charge in [0.05, 0.1) is 12.8 Å². The minimum atomic E-state index is -0.680. The third kappa shape index (κ3) is 2.98. The van der Waals surface area contributed by atoms with Crippen molar-refractivity contribution in [3.8, 4) is 5.75 Å². The van der Waals surface area contributed by atoms with E-state index in [-0.39, 0.29) is 0 Å². The largest absolute Gasteiger partial charge is 0.496 e. The average molecular weight is 221 g/mol. The first kappa shape index (κ1) is 12.0. The molecular weight excluding hydrogens is 206 g/mol. The molecule has 0 bridgehead atoms. The third-order valence-corrected chi connectivity index (χ3v) is 2.05. The highest BCUT2D eigenvalue weighted by Crippen LogP contribution is 2.19. The Morgan fingerprint density at radius 2 is 2.19 bits per heavy atom. The average Bonchev–Trinajstić information content (AvgIpc) is 2.30. The van der Waals surface area contributed by atoms with Gasteiger partial charge in [0.15, 0.2) is 0 Å². The van der Waals surface area contributed by atoms with Crippen LogP contribution in [0.1, 0.15) is 18.9 Å². The number of ether oxygens (including phenoxy) is 1. The Morgan fingerprint density at radius 3 is 2.75 bits per heavy atom. The van der Waals surface area contributed by atoms with E-state index in [4.69, 9.17) is 10.5 Å². The molecule has 0 aliphatic carbocycles. The first-order chi connectivity index (χ1) is 7.69. The van der Waals surface area contributed by atoms with Gasteiger partial charge in [-0.25, -0.2) is 10.2 Å². The van der Waals surface area contributed by atoms with Crippen LogP contribution in [0.2, 0.25) is 0 Å². The molecule has 0 unspecified atom stereocenters. The van der Waals surface area contributed by atoms with Crippen LogP contribution in [0.5, 0.6) is 5.75 Å². The number of hydrazone groups is 1. The second-order valence-corrected chi connectivity index (χ2v) is 3.09. The summed E-state index contributed by atoms with van der Waals surface area (Å²) in [5.41, 5.74) is 8.74. The Labute approximate surface area is 94.3 Å². The van der Waals surface area contributed by atoms with Gasteiger partial charge in [-0.3, -0.25) is 0 Å². The molecular formula is C11H15N3O2. The Balaban J connectivity index is 3.03. The van der Waals surface area contributed by atoms with Gasteiger partial charge >= 0.3 is 6.03 Å². The van der Waals surface area contributed by atoms with E-state index < -0.39 is 6.03 Å². The van der Waals surface area contributed by atoms with Gasteiger partial charge in [0, 0.05) is 5.56 Å². The molecule has 0 fully saturated rings. The number of methoxy groups -OCH3 is 1. The number of nitrogens with one attached hydrogen (secondary N) is 1. The zero-order valence-electron chi connectivity index (χ0n) is 9.36. The number of hydrogen-bond acceptors (Lipinski definition) is 3. The summed E-state index contributed by atoms with van der Waals surface area (Å²) in [6.45, 7) is 1.94. The van der Waals surface area contributed by atoms with Gasteiger partial charge in [-0.1, -0.05) is 19.1 Å². The minimum Gasteiger partial charge on any atom is -0.496 e. The van der Waals surface area contributed by atoms with Gasteiger partial charge < -0.3 is 10.5 Å². The molecule has 0 atom stereocenters. The highest BCUT2D eigenvalue weighted by molar-refractivity contribution is 6.03. The van der Waals surface area contributed by atoms with E-state index in [0.717, 1.165) is 17.0 Å². The van der Waals surface area contributed by atoms with Crippen molar-refractivity contribution in [1.29, 1.82) is 0 Å². The van der Waals surface area contributed by atoms with Crippen LogP contribution in [-0.4, -0.2) is 18.9 Å². The maximum Gasteiger partial charge on any atom is 0.332 e. The number of nitrogens with two attached hydrogens (primary N) is 1. The van der Waals surface area contributed by atoms with Gasteiger partial charge in [0.2, 0.25) is 0 Å². The second-order valence-electron chi connectivity index (χ2n) is 3.09. The monoisotopic (exact) mass is 221 g/mol. The molecule has 86 valence electrons. The Morgan fingerprint density at radius 1 is 1.50 bits per heavy atom. The number of urea groups is 1. The topological polar surface area (TPSA) is 76.7 Å². The summed E-state index contributed by atoms with van der Waals surface area (Å²) in [5, 5.41) is 3.93. The van der Waals surface area contributed by atoms with Crippen LogP contribution < -0.4 is 15.9 Å². The summed E-state index contributed by atoms with van der Waals surface area (Å²) in [5.74, 6) is 0.717. The lowest BCUT2D eigenvalue weighted by Crippen LogP contribution is -2.26. The number of carbonyl (C=O) groups excluding carboxylic acids is 1. The van der Waals surface area contributed by atoms with Gasteiger partial charge in [-0.2, -0.15) is 5.10 Å². The number of nitrogens with zero attached hydrogens (tertiary/aromatic N) is 1. The van der Waals surface area contributed by atoms with Crippen molar-refractivity contribution in [3.63, 3.8) is 0 Å². The quantitative estimate of drug-likeness (QED) is 0.596. The van der Waals surface area contributed by atoms with E-state index in [0.29, 0.717) is 6.42 Å². The number of para-hydroxylation sites is 1. The molecule has 1 aromatic rings. The number of amides is 2. The molecule has 5 nitrogen and oxygen atoms in total. The first-order valence-electron chi connectivity index (χ1n) is 4.94. The molecule has 0 aliphatic rings.